The van der Waals surface area contributed by atoms with E-state index in [0.717, 1.165) is 18.8 Å². The monoisotopic (exact) mass is 200 g/mol. The molecule has 0 spiro atoms. The Morgan fingerprint density at radius 1 is 1.29 bits per heavy atom. The number of unbranched alkanes of at least 4 members (excludes halogenated alkanes) is 1. The molecule has 0 aromatic heterocycles. The van der Waals surface area contributed by atoms with Gasteiger partial charge in [-0.25, -0.2) is 4.79 Å². The number of hydrogen-bond donors (Lipinski definition) is 1. The van der Waals surface area contributed by atoms with Gasteiger partial charge in [-0.05, 0) is 19.3 Å². The lowest BCUT2D eigenvalue weighted by molar-refractivity contribution is -0.138. The summed E-state index contributed by atoms with van der Waals surface area (Å²) in [6.45, 7) is 6.55. The molecule has 4 heteroatoms. The average molecular weight is 200 g/mol. The zero-order chi connectivity index (χ0) is 11.0. The first-order valence-electron chi connectivity index (χ1n) is 5.13. The van der Waals surface area contributed by atoms with Crippen LogP contribution in [0, 0.1) is 5.92 Å². The van der Waals surface area contributed by atoms with Crippen LogP contribution in [0.5, 0.6) is 0 Å². The zero-order valence-corrected chi connectivity index (χ0v) is 9.23. The third-order valence-electron chi connectivity index (χ3n) is 1.90. The quantitative estimate of drug-likeness (QED) is 0.507. The van der Waals surface area contributed by atoms with Crippen molar-refractivity contribution < 1.29 is 9.90 Å². The molecular weight excluding hydrogens is 180 g/mol. The van der Waals surface area contributed by atoms with E-state index in [2.05, 4.69) is 24.1 Å². The predicted molar refractivity (Wildman–Crippen MR) is 55.5 cm³/mol. The van der Waals surface area contributed by atoms with Crippen LogP contribution in [0.3, 0.4) is 0 Å². The van der Waals surface area contributed by atoms with Crippen molar-refractivity contribution in [3.63, 3.8) is 0 Å². The van der Waals surface area contributed by atoms with Gasteiger partial charge in [0.05, 0.1) is 6.54 Å². The first-order valence-corrected chi connectivity index (χ1v) is 5.13. The molecule has 0 rings (SSSR count). The molecule has 0 aliphatic heterocycles. The Labute approximate surface area is 85.4 Å². The minimum Gasteiger partial charge on any atom is -0.480 e. The van der Waals surface area contributed by atoms with Crippen molar-refractivity contribution in [3.05, 3.63) is 0 Å². The Bertz CT molecular complexity index is 191. The van der Waals surface area contributed by atoms with Crippen molar-refractivity contribution >= 4 is 5.97 Å². The third-order valence-corrected chi connectivity index (χ3v) is 1.90. The summed E-state index contributed by atoms with van der Waals surface area (Å²) in [6, 6.07) is -0.708. The van der Waals surface area contributed by atoms with E-state index >= 15 is 0 Å². The van der Waals surface area contributed by atoms with Crippen LogP contribution in [0.15, 0.2) is 10.2 Å². The molecule has 1 N–H and O–H groups in total. The number of nitrogens with zero attached hydrogens (tertiary/aromatic N) is 2. The van der Waals surface area contributed by atoms with Crippen LogP contribution in [-0.2, 0) is 4.79 Å². The smallest absolute Gasteiger partial charge is 0.330 e. The van der Waals surface area contributed by atoms with Gasteiger partial charge in [0.2, 0.25) is 0 Å². The van der Waals surface area contributed by atoms with Crippen molar-refractivity contribution in [2.75, 3.05) is 6.54 Å². The van der Waals surface area contributed by atoms with Gasteiger partial charge in [-0.15, -0.1) is 0 Å². The normalized spacial score (nSPS) is 13.7. The fourth-order valence-electron chi connectivity index (χ4n) is 0.965. The first-order chi connectivity index (χ1) is 6.54. The third kappa shape index (κ3) is 7.71. The van der Waals surface area contributed by atoms with Crippen molar-refractivity contribution in [1.82, 2.24) is 0 Å². The number of aliphatic carboxylic acids is 1. The topological polar surface area (TPSA) is 62.0 Å². The fourth-order valence-corrected chi connectivity index (χ4v) is 0.965. The van der Waals surface area contributed by atoms with E-state index in [1.165, 1.54) is 13.3 Å². The van der Waals surface area contributed by atoms with E-state index in [1.807, 2.05) is 0 Å². The van der Waals surface area contributed by atoms with Crippen molar-refractivity contribution in [3.8, 4) is 0 Å². The van der Waals surface area contributed by atoms with Crippen LogP contribution in [0.2, 0.25) is 0 Å². The van der Waals surface area contributed by atoms with Crippen molar-refractivity contribution in [2.45, 2.75) is 46.1 Å². The average Bonchev–Trinajstić information content (AvgIpc) is 2.09. The largest absolute Gasteiger partial charge is 0.480 e. The van der Waals surface area contributed by atoms with Gasteiger partial charge in [-0.3, -0.25) is 0 Å². The highest BCUT2D eigenvalue weighted by atomic mass is 16.4. The first kappa shape index (κ1) is 13.1. The molecule has 1 atom stereocenters. The van der Waals surface area contributed by atoms with Crippen LogP contribution in [0.4, 0.5) is 0 Å². The van der Waals surface area contributed by atoms with E-state index in [9.17, 15) is 4.79 Å². The Balaban J connectivity index is 3.40. The molecular formula is C10H20N2O2. The maximum absolute atomic E-state index is 10.4. The summed E-state index contributed by atoms with van der Waals surface area (Å²) in [7, 11) is 0. The Hall–Kier alpha value is -0.930. The molecule has 0 amide bonds. The molecule has 4 nitrogen and oxygen atoms in total. The van der Waals surface area contributed by atoms with Crippen LogP contribution >= 0.6 is 0 Å². The molecule has 0 aliphatic carbocycles. The summed E-state index contributed by atoms with van der Waals surface area (Å²) in [5, 5.41) is 16.0. The molecule has 0 radical (unpaired) electrons. The van der Waals surface area contributed by atoms with Crippen molar-refractivity contribution in [1.29, 1.82) is 0 Å². The molecule has 0 aromatic rings. The van der Waals surface area contributed by atoms with Gasteiger partial charge in [-0.2, -0.15) is 10.2 Å². The summed E-state index contributed by atoms with van der Waals surface area (Å²) >= 11 is 0. The van der Waals surface area contributed by atoms with Gasteiger partial charge in [0.15, 0.2) is 6.04 Å². The van der Waals surface area contributed by atoms with Crippen LogP contribution in [0.1, 0.15) is 40.0 Å². The second-order valence-electron chi connectivity index (χ2n) is 3.88. The second kappa shape index (κ2) is 7.47. The summed E-state index contributed by atoms with van der Waals surface area (Å²) in [5.74, 6) is -0.194. The highest BCUT2D eigenvalue weighted by Crippen LogP contribution is 2.06. The maximum Gasteiger partial charge on any atom is 0.330 e. The van der Waals surface area contributed by atoms with Gasteiger partial charge in [0, 0.05) is 0 Å². The minimum atomic E-state index is -0.920. The van der Waals surface area contributed by atoms with Crippen molar-refractivity contribution in [2.24, 2.45) is 16.1 Å². The minimum absolute atomic E-state index is 0.643. The lowest BCUT2D eigenvalue weighted by Crippen LogP contribution is -2.12. The number of carboxylic acid groups (broad SMARTS) is 1. The Kier molecular flexibility index (Phi) is 6.98. The number of carboxylic acids is 1. The molecule has 82 valence electrons. The van der Waals surface area contributed by atoms with Crippen LogP contribution in [0.25, 0.3) is 0 Å². The SMILES string of the molecule is CC(C)CCCCN=NC(C)C(=O)O. The predicted octanol–water partition coefficient (Wildman–Crippen LogP) is 2.74. The number of rotatable bonds is 7. The van der Waals surface area contributed by atoms with Gasteiger partial charge in [0.25, 0.3) is 0 Å². The standard InChI is InChI=1S/C10H20N2O2/c1-8(2)6-4-5-7-11-12-9(3)10(13)14/h8-9H,4-7H2,1-3H3,(H,13,14). The Morgan fingerprint density at radius 2 is 1.93 bits per heavy atom. The highest BCUT2D eigenvalue weighted by Gasteiger charge is 2.07. The molecule has 0 saturated heterocycles. The molecule has 0 saturated carbocycles. The number of azo groups is 1. The lowest BCUT2D eigenvalue weighted by Gasteiger charge is -2.01. The summed E-state index contributed by atoms with van der Waals surface area (Å²) < 4.78 is 0. The highest BCUT2D eigenvalue weighted by molar-refractivity contribution is 5.72. The van der Waals surface area contributed by atoms with Gasteiger partial charge in [-0.1, -0.05) is 26.7 Å². The molecule has 0 aliphatic rings. The van der Waals surface area contributed by atoms with Gasteiger partial charge >= 0.3 is 5.97 Å². The van der Waals surface area contributed by atoms with Crippen LogP contribution in [-0.4, -0.2) is 23.7 Å². The molecule has 0 bridgehead atoms. The van der Waals surface area contributed by atoms with Crippen LogP contribution < -0.4 is 0 Å². The number of hydrogen-bond acceptors (Lipinski definition) is 3. The lowest BCUT2D eigenvalue weighted by atomic mass is 10.1. The van der Waals surface area contributed by atoms with Gasteiger partial charge < -0.3 is 5.11 Å². The maximum atomic E-state index is 10.4. The van der Waals surface area contributed by atoms with E-state index < -0.39 is 12.0 Å². The molecule has 0 fully saturated rings. The molecule has 0 heterocycles. The van der Waals surface area contributed by atoms with E-state index in [4.69, 9.17) is 5.11 Å². The summed E-state index contributed by atoms with van der Waals surface area (Å²) in [4.78, 5) is 10.4. The van der Waals surface area contributed by atoms with E-state index in [0.29, 0.717) is 6.54 Å². The molecule has 14 heavy (non-hydrogen) atoms. The Morgan fingerprint density at radius 3 is 2.43 bits per heavy atom. The van der Waals surface area contributed by atoms with Gasteiger partial charge in [0.1, 0.15) is 0 Å². The number of carbonyl (C=O) groups is 1. The van der Waals surface area contributed by atoms with E-state index in [-0.39, 0.29) is 0 Å². The fraction of sp³-hybridized carbons (Fsp3) is 0.900. The zero-order valence-electron chi connectivity index (χ0n) is 9.23. The summed E-state index contributed by atoms with van der Waals surface area (Å²) in [5.41, 5.74) is 0. The summed E-state index contributed by atoms with van der Waals surface area (Å²) in [6.07, 6.45) is 3.33. The molecule has 1 unspecified atom stereocenters. The van der Waals surface area contributed by atoms with E-state index in [1.54, 1.807) is 0 Å². The molecule has 0 aromatic carbocycles. The second-order valence-corrected chi connectivity index (χ2v) is 3.88.